The Morgan fingerprint density at radius 3 is 3.09 bits per heavy atom. The van der Waals surface area contributed by atoms with Gasteiger partial charge in [-0.15, -0.1) is 0 Å². The Kier molecular flexibility index (Phi) is 1.65. The van der Waals surface area contributed by atoms with E-state index in [1.807, 2.05) is 6.07 Å². The Labute approximate surface area is 66.1 Å². The first-order valence-corrected chi connectivity index (χ1v) is 3.84. The van der Waals surface area contributed by atoms with Gasteiger partial charge in [0, 0.05) is 0 Å². The maximum absolute atomic E-state index is 12.7. The molecule has 0 saturated carbocycles. The number of hydrogen-bond donors (Lipinski definition) is 0. The Balaban J connectivity index is 2.43. The van der Waals surface area contributed by atoms with E-state index in [-0.39, 0.29) is 5.82 Å². The van der Waals surface area contributed by atoms with Crippen LogP contribution in [0.5, 0.6) is 0 Å². The molecule has 1 aliphatic carbocycles. The second-order valence-electron chi connectivity index (χ2n) is 2.84. The van der Waals surface area contributed by atoms with E-state index < -0.39 is 0 Å². The molecule has 2 rings (SSSR count). The summed E-state index contributed by atoms with van der Waals surface area (Å²) in [6, 6.07) is 5.02. The predicted molar refractivity (Wildman–Crippen MR) is 41.7 cm³/mol. The quantitative estimate of drug-likeness (QED) is 0.530. The summed E-state index contributed by atoms with van der Waals surface area (Å²) in [5, 5.41) is 0. The fraction of sp³-hybridized carbons (Fsp3) is 0.300. The summed E-state index contributed by atoms with van der Waals surface area (Å²) in [6.45, 7) is 0. The van der Waals surface area contributed by atoms with Gasteiger partial charge in [0.2, 0.25) is 0 Å². The van der Waals surface area contributed by atoms with Crippen LogP contribution < -0.4 is 0 Å². The van der Waals surface area contributed by atoms with Gasteiger partial charge in [-0.1, -0.05) is 6.07 Å². The summed E-state index contributed by atoms with van der Waals surface area (Å²) < 4.78 is 12.7. The van der Waals surface area contributed by atoms with Crippen molar-refractivity contribution in [1.29, 1.82) is 0 Å². The smallest absolute Gasteiger partial charge is 0.123 e. The predicted octanol–water partition coefficient (Wildman–Crippen LogP) is 2.40. The third-order valence-corrected chi connectivity index (χ3v) is 2.05. The molecule has 0 amide bonds. The van der Waals surface area contributed by atoms with Crippen molar-refractivity contribution >= 4 is 0 Å². The van der Waals surface area contributed by atoms with Crippen LogP contribution >= 0.6 is 0 Å². The molecule has 1 aromatic carbocycles. The largest absolute Gasteiger partial charge is 0.207 e. The van der Waals surface area contributed by atoms with Crippen LogP contribution in [0.15, 0.2) is 18.2 Å². The van der Waals surface area contributed by atoms with Crippen molar-refractivity contribution in [3.8, 4) is 0 Å². The van der Waals surface area contributed by atoms with Gasteiger partial charge in [0.25, 0.3) is 0 Å². The molecule has 0 aromatic heterocycles. The van der Waals surface area contributed by atoms with Crippen LogP contribution in [-0.4, -0.2) is 0 Å². The average Bonchev–Trinajstić information content (AvgIpc) is 2.04. The highest BCUT2D eigenvalue weighted by Gasteiger charge is 2.09. The number of aryl methyl sites for hydroxylation is 1. The Hall–Kier alpha value is -0.850. The minimum Gasteiger partial charge on any atom is -0.207 e. The van der Waals surface area contributed by atoms with Gasteiger partial charge in [-0.3, -0.25) is 0 Å². The molecule has 0 bridgehead atoms. The van der Waals surface area contributed by atoms with Gasteiger partial charge in [-0.25, -0.2) is 4.39 Å². The SMILES string of the molecule is Fc1ccc2c(c1)C[C]CC2. The van der Waals surface area contributed by atoms with Crippen molar-refractivity contribution in [2.45, 2.75) is 19.3 Å². The van der Waals surface area contributed by atoms with Gasteiger partial charge in [0.1, 0.15) is 5.82 Å². The molecule has 0 atom stereocenters. The zero-order valence-corrected chi connectivity index (χ0v) is 6.23. The van der Waals surface area contributed by atoms with E-state index in [1.54, 1.807) is 6.07 Å². The van der Waals surface area contributed by atoms with E-state index in [9.17, 15) is 4.39 Å². The molecule has 0 N–H and O–H groups in total. The third-order valence-electron chi connectivity index (χ3n) is 2.05. The van der Waals surface area contributed by atoms with Crippen molar-refractivity contribution in [2.24, 2.45) is 0 Å². The fourth-order valence-electron chi connectivity index (χ4n) is 1.45. The first-order valence-electron chi connectivity index (χ1n) is 3.84. The molecule has 11 heavy (non-hydrogen) atoms. The molecular weight excluding hydrogens is 139 g/mol. The zero-order valence-electron chi connectivity index (χ0n) is 6.23. The Bertz CT molecular complexity index is 266. The molecule has 0 aliphatic heterocycles. The van der Waals surface area contributed by atoms with Gasteiger partial charge >= 0.3 is 0 Å². The number of halogens is 1. The standard InChI is InChI=1S/C10H9F/c11-10-6-5-8-3-1-2-4-9(8)7-10/h5-7H,1,3-4H2. The van der Waals surface area contributed by atoms with Gasteiger partial charge in [0.15, 0.2) is 0 Å². The van der Waals surface area contributed by atoms with E-state index >= 15 is 0 Å². The molecule has 1 aliphatic rings. The van der Waals surface area contributed by atoms with E-state index in [4.69, 9.17) is 0 Å². The summed E-state index contributed by atoms with van der Waals surface area (Å²) in [5.41, 5.74) is 2.39. The zero-order chi connectivity index (χ0) is 7.68. The van der Waals surface area contributed by atoms with Crippen molar-refractivity contribution in [2.75, 3.05) is 0 Å². The minimum absolute atomic E-state index is 0.132. The minimum atomic E-state index is -0.132. The van der Waals surface area contributed by atoms with Crippen LogP contribution in [0.1, 0.15) is 17.5 Å². The van der Waals surface area contributed by atoms with Crippen molar-refractivity contribution < 1.29 is 4.39 Å². The van der Waals surface area contributed by atoms with Crippen LogP contribution in [0, 0.1) is 12.2 Å². The lowest BCUT2D eigenvalue weighted by Crippen LogP contribution is -2.02. The van der Waals surface area contributed by atoms with Crippen molar-refractivity contribution in [3.05, 3.63) is 41.6 Å². The topological polar surface area (TPSA) is 0 Å². The molecule has 2 radical (unpaired) electrons. The average molecular weight is 148 g/mol. The molecule has 0 unspecified atom stereocenters. The Morgan fingerprint density at radius 2 is 2.18 bits per heavy atom. The fourth-order valence-corrected chi connectivity index (χ4v) is 1.45. The van der Waals surface area contributed by atoms with Crippen LogP contribution in [-0.2, 0) is 12.8 Å². The molecule has 1 heteroatoms. The highest BCUT2D eigenvalue weighted by molar-refractivity contribution is 5.31. The molecule has 56 valence electrons. The highest BCUT2D eigenvalue weighted by atomic mass is 19.1. The summed E-state index contributed by atoms with van der Waals surface area (Å²) >= 11 is 0. The number of rotatable bonds is 0. The van der Waals surface area contributed by atoms with Crippen molar-refractivity contribution in [3.63, 3.8) is 0 Å². The van der Waals surface area contributed by atoms with Crippen LogP contribution in [0.2, 0.25) is 0 Å². The molecular formula is C10H9F. The third kappa shape index (κ3) is 1.28. The monoisotopic (exact) mass is 148 g/mol. The number of fused-ring (bicyclic) bond motifs is 1. The number of benzene rings is 1. The van der Waals surface area contributed by atoms with E-state index in [0.29, 0.717) is 0 Å². The second-order valence-corrected chi connectivity index (χ2v) is 2.84. The number of hydrogen-bond acceptors (Lipinski definition) is 0. The molecule has 0 heterocycles. The Morgan fingerprint density at radius 1 is 1.27 bits per heavy atom. The maximum Gasteiger partial charge on any atom is 0.123 e. The lowest BCUT2D eigenvalue weighted by atomic mass is 9.92. The van der Waals surface area contributed by atoms with Gasteiger partial charge in [-0.2, -0.15) is 0 Å². The van der Waals surface area contributed by atoms with Gasteiger partial charge in [0.05, 0.1) is 0 Å². The second kappa shape index (κ2) is 2.65. The molecule has 0 spiro atoms. The first-order chi connectivity index (χ1) is 5.36. The normalized spacial score (nSPS) is 16.1. The van der Waals surface area contributed by atoms with Gasteiger partial charge in [-0.05, 0) is 48.9 Å². The lowest BCUT2D eigenvalue weighted by molar-refractivity contribution is 0.622. The summed E-state index contributed by atoms with van der Waals surface area (Å²) in [5.74, 6) is -0.132. The summed E-state index contributed by atoms with van der Waals surface area (Å²) in [6.07, 6.45) is 6.05. The summed E-state index contributed by atoms with van der Waals surface area (Å²) in [4.78, 5) is 0. The maximum atomic E-state index is 12.7. The first kappa shape index (κ1) is 6.84. The van der Waals surface area contributed by atoms with E-state index in [1.165, 1.54) is 11.6 Å². The van der Waals surface area contributed by atoms with Crippen LogP contribution in [0.3, 0.4) is 0 Å². The van der Waals surface area contributed by atoms with Crippen LogP contribution in [0.25, 0.3) is 0 Å². The van der Waals surface area contributed by atoms with E-state index in [2.05, 4.69) is 6.42 Å². The van der Waals surface area contributed by atoms with E-state index in [0.717, 1.165) is 24.8 Å². The van der Waals surface area contributed by atoms with Gasteiger partial charge < -0.3 is 0 Å². The van der Waals surface area contributed by atoms with Crippen molar-refractivity contribution in [1.82, 2.24) is 0 Å². The lowest BCUT2D eigenvalue weighted by Gasteiger charge is -2.13. The summed E-state index contributed by atoms with van der Waals surface area (Å²) in [7, 11) is 0. The highest BCUT2D eigenvalue weighted by Crippen LogP contribution is 2.20. The molecule has 0 nitrogen and oxygen atoms in total. The molecule has 0 saturated heterocycles. The molecule has 1 aromatic rings. The van der Waals surface area contributed by atoms with Crippen LogP contribution in [0.4, 0.5) is 4.39 Å². The molecule has 0 fully saturated rings.